The van der Waals surface area contributed by atoms with Gasteiger partial charge in [-0.1, -0.05) is 37.5 Å². The SMILES string of the molecule is CCCC(C)COc1ccc([C@H](CN=[N+]=[N-])NC(=O)OC(C)(C)C)cc1. The minimum Gasteiger partial charge on any atom is -0.493 e. The van der Waals surface area contributed by atoms with Crippen LogP contribution in [0, 0.1) is 5.92 Å². The molecule has 1 unspecified atom stereocenters. The van der Waals surface area contributed by atoms with Crippen LogP contribution in [0.3, 0.4) is 0 Å². The number of nitrogens with zero attached hydrogens (tertiary/aromatic N) is 3. The molecule has 0 heterocycles. The third-order valence-corrected chi connectivity index (χ3v) is 3.62. The Morgan fingerprint density at radius 2 is 1.96 bits per heavy atom. The van der Waals surface area contributed by atoms with E-state index in [2.05, 4.69) is 29.2 Å². The fraction of sp³-hybridized carbons (Fsp3) is 0.632. The third-order valence-electron chi connectivity index (χ3n) is 3.62. The summed E-state index contributed by atoms with van der Waals surface area (Å²) >= 11 is 0. The number of hydrogen-bond acceptors (Lipinski definition) is 4. The van der Waals surface area contributed by atoms with Crippen LogP contribution in [-0.2, 0) is 4.74 Å². The highest BCUT2D eigenvalue weighted by atomic mass is 16.6. The largest absolute Gasteiger partial charge is 0.493 e. The Labute approximate surface area is 155 Å². The molecule has 0 radical (unpaired) electrons. The average Bonchev–Trinajstić information content (AvgIpc) is 2.56. The molecule has 1 aromatic carbocycles. The van der Waals surface area contributed by atoms with Gasteiger partial charge in [0.25, 0.3) is 0 Å². The van der Waals surface area contributed by atoms with E-state index in [9.17, 15) is 4.79 Å². The molecule has 1 rings (SSSR count). The number of alkyl carbamates (subject to hydrolysis) is 1. The molecule has 0 aliphatic heterocycles. The van der Waals surface area contributed by atoms with Gasteiger partial charge in [0.1, 0.15) is 11.4 Å². The second-order valence-corrected chi connectivity index (χ2v) is 7.39. The van der Waals surface area contributed by atoms with Gasteiger partial charge in [0.2, 0.25) is 0 Å². The third kappa shape index (κ3) is 8.62. The van der Waals surface area contributed by atoms with E-state index < -0.39 is 17.7 Å². The van der Waals surface area contributed by atoms with Crippen molar-refractivity contribution < 1.29 is 14.3 Å². The molecule has 7 nitrogen and oxygen atoms in total. The molecule has 0 bridgehead atoms. The first-order valence-electron chi connectivity index (χ1n) is 8.98. The van der Waals surface area contributed by atoms with Crippen LogP contribution in [0.2, 0.25) is 0 Å². The van der Waals surface area contributed by atoms with Crippen LogP contribution < -0.4 is 10.1 Å². The lowest BCUT2D eigenvalue weighted by atomic mass is 10.1. The number of azide groups is 1. The Morgan fingerprint density at radius 1 is 1.31 bits per heavy atom. The summed E-state index contributed by atoms with van der Waals surface area (Å²) in [7, 11) is 0. The summed E-state index contributed by atoms with van der Waals surface area (Å²) in [5.74, 6) is 1.28. The van der Waals surface area contributed by atoms with Crippen molar-refractivity contribution in [3.63, 3.8) is 0 Å². The lowest BCUT2D eigenvalue weighted by Gasteiger charge is -2.23. The summed E-state index contributed by atoms with van der Waals surface area (Å²) in [6, 6.07) is 6.96. The first-order chi connectivity index (χ1) is 12.2. The van der Waals surface area contributed by atoms with Crippen molar-refractivity contribution in [2.24, 2.45) is 11.0 Å². The second kappa shape index (κ2) is 10.6. The molecular weight excluding hydrogens is 332 g/mol. The molecule has 1 amide bonds. The van der Waals surface area contributed by atoms with E-state index in [1.807, 2.05) is 24.3 Å². The van der Waals surface area contributed by atoms with Crippen LogP contribution in [0.5, 0.6) is 5.75 Å². The molecule has 0 saturated carbocycles. The first-order valence-corrected chi connectivity index (χ1v) is 8.98. The summed E-state index contributed by atoms with van der Waals surface area (Å²) in [6.45, 7) is 10.5. The maximum Gasteiger partial charge on any atom is 0.408 e. The molecule has 0 spiro atoms. The van der Waals surface area contributed by atoms with Crippen LogP contribution >= 0.6 is 0 Å². The highest BCUT2D eigenvalue weighted by Crippen LogP contribution is 2.20. The maximum atomic E-state index is 12.0. The number of carbonyl (C=O) groups excluding carboxylic acids is 1. The summed E-state index contributed by atoms with van der Waals surface area (Å²) in [5, 5.41) is 6.32. The smallest absolute Gasteiger partial charge is 0.408 e. The van der Waals surface area contributed by atoms with Crippen molar-refractivity contribution in [3.05, 3.63) is 40.3 Å². The maximum absolute atomic E-state index is 12.0. The molecule has 0 aliphatic rings. The van der Waals surface area contributed by atoms with Gasteiger partial charge < -0.3 is 14.8 Å². The molecule has 1 N–H and O–H groups in total. The number of ether oxygens (including phenoxy) is 2. The summed E-state index contributed by atoms with van der Waals surface area (Å²) in [4.78, 5) is 14.8. The lowest BCUT2D eigenvalue weighted by Crippen LogP contribution is -2.36. The Bertz CT molecular complexity index is 604. The highest BCUT2D eigenvalue weighted by molar-refractivity contribution is 5.68. The van der Waals surface area contributed by atoms with Crippen molar-refractivity contribution in [1.29, 1.82) is 0 Å². The van der Waals surface area contributed by atoms with Gasteiger partial charge in [0.05, 0.1) is 19.2 Å². The van der Waals surface area contributed by atoms with E-state index in [-0.39, 0.29) is 6.54 Å². The van der Waals surface area contributed by atoms with Gasteiger partial charge >= 0.3 is 6.09 Å². The monoisotopic (exact) mass is 362 g/mol. The molecule has 0 fully saturated rings. The minimum absolute atomic E-state index is 0.101. The number of benzene rings is 1. The summed E-state index contributed by atoms with van der Waals surface area (Å²) in [5.41, 5.74) is 8.81. The molecule has 0 saturated heterocycles. The number of carbonyl (C=O) groups is 1. The average molecular weight is 362 g/mol. The number of amides is 1. The lowest BCUT2D eigenvalue weighted by molar-refractivity contribution is 0.0505. The normalized spacial score (nSPS) is 13.3. The molecule has 0 aliphatic carbocycles. The fourth-order valence-electron chi connectivity index (χ4n) is 2.41. The van der Waals surface area contributed by atoms with Crippen molar-refractivity contribution in [1.82, 2.24) is 5.32 Å². The van der Waals surface area contributed by atoms with Crippen LogP contribution in [0.15, 0.2) is 29.4 Å². The summed E-state index contributed by atoms with van der Waals surface area (Å²) < 4.78 is 11.1. The van der Waals surface area contributed by atoms with Gasteiger partial charge in [0.15, 0.2) is 0 Å². The van der Waals surface area contributed by atoms with Gasteiger partial charge in [-0.25, -0.2) is 4.79 Å². The van der Waals surface area contributed by atoms with Crippen molar-refractivity contribution >= 4 is 6.09 Å². The number of hydrogen-bond donors (Lipinski definition) is 1. The van der Waals surface area contributed by atoms with E-state index in [1.54, 1.807) is 20.8 Å². The molecule has 0 aromatic heterocycles. The van der Waals surface area contributed by atoms with Crippen molar-refractivity contribution in [2.45, 2.75) is 59.1 Å². The molecule has 26 heavy (non-hydrogen) atoms. The zero-order chi connectivity index (χ0) is 19.6. The standard InChI is InChI=1S/C19H30N4O3/c1-6-7-14(2)13-25-16-10-8-15(9-11-16)17(12-21-23-20)22-18(24)26-19(3,4)5/h8-11,14,17H,6-7,12-13H2,1-5H3,(H,22,24)/t14?,17-/m0/s1. The van der Waals surface area contributed by atoms with Crippen LogP contribution in [-0.4, -0.2) is 24.8 Å². The van der Waals surface area contributed by atoms with Crippen LogP contribution in [0.1, 0.15) is 59.1 Å². The Kier molecular flexibility index (Phi) is 8.79. The van der Waals surface area contributed by atoms with Crippen molar-refractivity contribution in [2.75, 3.05) is 13.2 Å². The Morgan fingerprint density at radius 3 is 2.50 bits per heavy atom. The molecule has 1 aromatic rings. The fourth-order valence-corrected chi connectivity index (χ4v) is 2.41. The minimum atomic E-state index is -0.597. The molecule has 7 heteroatoms. The zero-order valence-electron chi connectivity index (χ0n) is 16.4. The Balaban J connectivity index is 2.74. The first kappa shape index (κ1) is 21.6. The highest BCUT2D eigenvalue weighted by Gasteiger charge is 2.20. The van der Waals surface area contributed by atoms with E-state index in [0.717, 1.165) is 24.2 Å². The number of rotatable bonds is 9. The van der Waals surface area contributed by atoms with Gasteiger partial charge in [0, 0.05) is 4.91 Å². The van der Waals surface area contributed by atoms with E-state index in [1.165, 1.54) is 0 Å². The van der Waals surface area contributed by atoms with E-state index in [4.69, 9.17) is 15.0 Å². The number of nitrogens with one attached hydrogen (secondary N) is 1. The van der Waals surface area contributed by atoms with Gasteiger partial charge in [-0.3, -0.25) is 0 Å². The second-order valence-electron chi connectivity index (χ2n) is 7.39. The predicted molar refractivity (Wildman–Crippen MR) is 102 cm³/mol. The van der Waals surface area contributed by atoms with Crippen LogP contribution in [0.25, 0.3) is 10.4 Å². The predicted octanol–water partition coefficient (Wildman–Crippen LogP) is 5.38. The van der Waals surface area contributed by atoms with Gasteiger partial charge in [-0.15, -0.1) is 0 Å². The van der Waals surface area contributed by atoms with Crippen LogP contribution in [0.4, 0.5) is 4.79 Å². The topological polar surface area (TPSA) is 96.3 Å². The molecular formula is C19H30N4O3. The van der Waals surface area contributed by atoms with Gasteiger partial charge in [-0.2, -0.15) is 0 Å². The van der Waals surface area contributed by atoms with E-state index in [0.29, 0.717) is 12.5 Å². The van der Waals surface area contributed by atoms with E-state index >= 15 is 0 Å². The summed E-state index contributed by atoms with van der Waals surface area (Å²) in [6.07, 6.45) is 1.72. The molecule has 144 valence electrons. The van der Waals surface area contributed by atoms with Gasteiger partial charge in [-0.05, 0) is 56.3 Å². The van der Waals surface area contributed by atoms with Crippen molar-refractivity contribution in [3.8, 4) is 5.75 Å². The zero-order valence-corrected chi connectivity index (χ0v) is 16.4. The molecule has 2 atom stereocenters. The Hall–Kier alpha value is -2.40. The quantitative estimate of drug-likeness (QED) is 0.363.